The van der Waals surface area contributed by atoms with Crippen molar-refractivity contribution in [2.45, 2.75) is 62.7 Å². The third kappa shape index (κ3) is 3.58. The molecule has 8 nitrogen and oxygen atoms in total. The summed E-state index contributed by atoms with van der Waals surface area (Å²) in [5, 5.41) is 6.98. The maximum Gasteiger partial charge on any atom is 0.434 e. The number of H-pyrrole nitrogens is 1. The number of amides is 2. The van der Waals surface area contributed by atoms with E-state index in [1.165, 1.54) is 6.20 Å². The highest BCUT2D eigenvalue weighted by atomic mass is 19.4. The van der Waals surface area contributed by atoms with Gasteiger partial charge < -0.3 is 9.80 Å². The summed E-state index contributed by atoms with van der Waals surface area (Å²) in [6, 6.07) is 0.0989. The normalized spacial score (nSPS) is 25.8. The van der Waals surface area contributed by atoms with Crippen LogP contribution in [0.5, 0.6) is 0 Å². The maximum atomic E-state index is 14.1. The molecule has 2 spiro atoms. The monoisotopic (exact) mass is 505 g/mol. The largest absolute Gasteiger partial charge is 0.434 e. The first kappa shape index (κ1) is 22.4. The van der Waals surface area contributed by atoms with Crippen LogP contribution in [0.2, 0.25) is 0 Å². The Hall–Kier alpha value is -2.79. The number of carbonyl (C=O) groups excluding carboxylic acids is 1. The fourth-order valence-electron chi connectivity index (χ4n) is 6.89. The quantitative estimate of drug-likeness (QED) is 0.638. The Morgan fingerprint density at radius 3 is 2.19 bits per heavy atom. The summed E-state index contributed by atoms with van der Waals surface area (Å²) >= 11 is 0. The summed E-state index contributed by atoms with van der Waals surface area (Å²) in [5.74, 6) is 1.70. The minimum Gasteiger partial charge on any atom is -0.323 e. The van der Waals surface area contributed by atoms with Gasteiger partial charge in [0, 0.05) is 49.1 Å². The van der Waals surface area contributed by atoms with E-state index in [2.05, 4.69) is 25.1 Å². The molecule has 5 fully saturated rings. The van der Waals surface area contributed by atoms with Crippen LogP contribution in [0.3, 0.4) is 0 Å². The number of aromatic nitrogens is 5. The third-order valence-electron chi connectivity index (χ3n) is 8.92. The first-order valence-corrected chi connectivity index (χ1v) is 12.6. The number of carbonyl (C=O) groups is 1. The van der Waals surface area contributed by atoms with E-state index in [4.69, 9.17) is 0 Å². The van der Waals surface area contributed by atoms with Crippen LogP contribution in [0.15, 0.2) is 12.4 Å². The second-order valence-corrected chi connectivity index (χ2v) is 12.0. The molecule has 2 saturated heterocycles. The number of halogens is 4. The number of alkyl halides is 4. The molecule has 3 saturated carbocycles. The van der Waals surface area contributed by atoms with Gasteiger partial charge in [-0.1, -0.05) is 0 Å². The van der Waals surface area contributed by atoms with Crippen LogP contribution >= 0.6 is 0 Å². The van der Waals surface area contributed by atoms with Gasteiger partial charge >= 0.3 is 12.2 Å². The SMILES string of the molecule is O=C(N1CC2(CC(Cc3cnc(C(F)(F)F)cn3)C2)C1)N1CC2(CC(c3nc(C4(F)CC4)n[nH]3)C2)C1. The molecule has 0 bridgehead atoms. The van der Waals surface area contributed by atoms with Gasteiger partial charge in [-0.2, -0.15) is 18.3 Å². The Kier molecular flexibility index (Phi) is 4.46. The lowest BCUT2D eigenvalue weighted by molar-refractivity contribution is -0.141. The van der Waals surface area contributed by atoms with Gasteiger partial charge in [-0.25, -0.2) is 19.2 Å². The van der Waals surface area contributed by atoms with E-state index in [9.17, 15) is 22.4 Å². The molecule has 2 aromatic rings. The summed E-state index contributed by atoms with van der Waals surface area (Å²) in [6.45, 7) is 3.02. The van der Waals surface area contributed by atoms with Gasteiger partial charge in [0.05, 0.1) is 11.9 Å². The Balaban J connectivity index is 0.840. The Bertz CT molecular complexity index is 1180. The Morgan fingerprint density at radius 1 is 1.00 bits per heavy atom. The molecular formula is C24H27F4N7O. The second-order valence-electron chi connectivity index (χ2n) is 12.0. The number of likely N-dealkylation sites (tertiary alicyclic amines) is 2. The van der Waals surface area contributed by atoms with E-state index in [0.717, 1.165) is 63.9 Å². The molecule has 2 aliphatic heterocycles. The number of nitrogens with one attached hydrogen (secondary N) is 1. The zero-order valence-electron chi connectivity index (χ0n) is 19.7. The standard InChI is InChI=1S/C24H27F4N7O/c25-23(1-2-23)19-31-18(32-33-19)15-6-22(7-15)12-35(13-22)20(36)34-10-21(11-34)4-14(5-21)3-16-8-30-17(9-29-16)24(26,27)28/h8-9,14-15H,1-7,10-13H2,(H,31,32,33). The van der Waals surface area contributed by atoms with Crippen molar-refractivity contribution in [1.82, 2.24) is 34.9 Å². The lowest BCUT2D eigenvalue weighted by Crippen LogP contribution is -2.71. The Labute approximate surface area is 204 Å². The lowest BCUT2D eigenvalue weighted by atomic mass is 9.56. The van der Waals surface area contributed by atoms with Gasteiger partial charge in [0.2, 0.25) is 0 Å². The molecule has 3 aliphatic carbocycles. The fourth-order valence-corrected chi connectivity index (χ4v) is 6.89. The molecular weight excluding hydrogens is 478 g/mol. The fraction of sp³-hybridized carbons (Fsp3) is 0.708. The first-order valence-electron chi connectivity index (χ1n) is 12.6. The minimum atomic E-state index is -4.47. The highest BCUT2D eigenvalue weighted by Gasteiger charge is 2.59. The zero-order chi connectivity index (χ0) is 24.9. The van der Waals surface area contributed by atoms with Crippen molar-refractivity contribution in [1.29, 1.82) is 0 Å². The molecule has 7 rings (SSSR count). The van der Waals surface area contributed by atoms with E-state index in [0.29, 0.717) is 36.7 Å². The molecule has 0 atom stereocenters. The van der Waals surface area contributed by atoms with Crippen LogP contribution in [0.4, 0.5) is 22.4 Å². The van der Waals surface area contributed by atoms with Gasteiger partial charge in [-0.15, -0.1) is 0 Å². The molecule has 12 heteroatoms. The smallest absolute Gasteiger partial charge is 0.323 e. The third-order valence-corrected chi connectivity index (χ3v) is 8.92. The maximum absolute atomic E-state index is 14.1. The van der Waals surface area contributed by atoms with E-state index in [1.54, 1.807) is 0 Å². The molecule has 0 unspecified atom stereocenters. The molecule has 192 valence electrons. The number of hydrogen-bond acceptors (Lipinski definition) is 5. The van der Waals surface area contributed by atoms with Crippen molar-refractivity contribution in [2.75, 3.05) is 26.2 Å². The highest BCUT2D eigenvalue weighted by molar-refractivity contribution is 5.77. The first-order chi connectivity index (χ1) is 17.0. The number of hydrogen-bond donors (Lipinski definition) is 1. The van der Waals surface area contributed by atoms with Gasteiger partial charge in [-0.3, -0.25) is 10.1 Å². The average molecular weight is 506 g/mol. The second kappa shape index (κ2) is 7.16. The van der Waals surface area contributed by atoms with Crippen LogP contribution in [0.25, 0.3) is 0 Å². The van der Waals surface area contributed by atoms with Crippen LogP contribution in [-0.2, 0) is 18.3 Å². The van der Waals surface area contributed by atoms with Crippen LogP contribution in [-0.4, -0.2) is 67.2 Å². The van der Waals surface area contributed by atoms with E-state index < -0.39 is 17.5 Å². The van der Waals surface area contributed by atoms with Gasteiger partial charge in [-0.05, 0) is 50.9 Å². The van der Waals surface area contributed by atoms with Crippen molar-refractivity contribution < 1.29 is 22.4 Å². The van der Waals surface area contributed by atoms with Crippen molar-refractivity contribution in [3.05, 3.63) is 35.4 Å². The van der Waals surface area contributed by atoms with Crippen molar-refractivity contribution >= 4 is 6.03 Å². The predicted octanol–water partition coefficient (Wildman–Crippen LogP) is 3.83. The number of aromatic amines is 1. The number of nitrogens with zero attached hydrogens (tertiary/aromatic N) is 6. The molecule has 4 heterocycles. The molecule has 0 aromatic carbocycles. The highest BCUT2D eigenvalue weighted by Crippen LogP contribution is 2.57. The van der Waals surface area contributed by atoms with Crippen molar-refractivity contribution in [3.8, 4) is 0 Å². The molecule has 0 radical (unpaired) electrons. The van der Waals surface area contributed by atoms with Crippen LogP contribution in [0.1, 0.15) is 67.5 Å². The molecule has 36 heavy (non-hydrogen) atoms. The molecule has 5 aliphatic rings. The summed E-state index contributed by atoms with van der Waals surface area (Å²) in [5.41, 5.74) is -1.39. The topological polar surface area (TPSA) is 90.9 Å². The van der Waals surface area contributed by atoms with Crippen LogP contribution < -0.4 is 0 Å². The summed E-state index contributed by atoms with van der Waals surface area (Å²) < 4.78 is 52.1. The lowest BCUT2D eigenvalue weighted by Gasteiger charge is -2.63. The molecule has 1 N–H and O–H groups in total. The van der Waals surface area contributed by atoms with Gasteiger partial charge in [0.25, 0.3) is 0 Å². The predicted molar refractivity (Wildman–Crippen MR) is 117 cm³/mol. The van der Waals surface area contributed by atoms with E-state index in [1.807, 2.05) is 9.80 Å². The Morgan fingerprint density at radius 2 is 1.64 bits per heavy atom. The average Bonchev–Trinajstić information content (AvgIpc) is 3.27. The van der Waals surface area contributed by atoms with Gasteiger partial charge in [0.15, 0.2) is 17.2 Å². The van der Waals surface area contributed by atoms with Gasteiger partial charge in [0.1, 0.15) is 5.82 Å². The van der Waals surface area contributed by atoms with E-state index >= 15 is 0 Å². The van der Waals surface area contributed by atoms with Crippen LogP contribution in [0, 0.1) is 16.7 Å². The molecule has 2 amide bonds. The number of rotatable bonds is 4. The van der Waals surface area contributed by atoms with Crippen molar-refractivity contribution in [2.24, 2.45) is 16.7 Å². The van der Waals surface area contributed by atoms with Crippen molar-refractivity contribution in [3.63, 3.8) is 0 Å². The summed E-state index contributed by atoms with van der Waals surface area (Å²) in [6.07, 6.45) is 3.00. The summed E-state index contributed by atoms with van der Waals surface area (Å²) in [7, 11) is 0. The number of urea groups is 1. The van der Waals surface area contributed by atoms with E-state index in [-0.39, 0.29) is 22.8 Å². The zero-order valence-corrected chi connectivity index (χ0v) is 19.7. The molecule has 2 aromatic heterocycles. The minimum absolute atomic E-state index is 0.0989. The summed E-state index contributed by atoms with van der Waals surface area (Å²) in [4.78, 5) is 28.5.